The average Bonchev–Trinajstić information content (AvgIpc) is 3.03. The van der Waals surface area contributed by atoms with Crippen LogP contribution in [0.3, 0.4) is 0 Å². The van der Waals surface area contributed by atoms with Crippen molar-refractivity contribution < 1.29 is 17.7 Å². The fourth-order valence-corrected chi connectivity index (χ4v) is 3.97. The minimum Gasteiger partial charge on any atom is -0.339 e. The Balaban J connectivity index is 1.83. The van der Waals surface area contributed by atoms with Crippen LogP contribution in [0.2, 0.25) is 0 Å². The molecule has 0 bridgehead atoms. The van der Waals surface area contributed by atoms with Crippen LogP contribution in [0, 0.1) is 12.8 Å². The highest BCUT2D eigenvalue weighted by molar-refractivity contribution is 8.13. The number of carbonyl (C=O) groups excluding carboxylic acids is 1. The molecule has 1 aromatic heterocycles. The number of aromatic nitrogens is 2. The van der Waals surface area contributed by atoms with Gasteiger partial charge in [0.15, 0.2) is 0 Å². The normalized spacial score (nSPS) is 18.6. The van der Waals surface area contributed by atoms with Crippen LogP contribution < -0.4 is 4.90 Å². The van der Waals surface area contributed by atoms with Gasteiger partial charge in [-0.05, 0) is 12.1 Å². The van der Waals surface area contributed by atoms with Crippen LogP contribution in [0.5, 0.6) is 0 Å². The molecule has 0 N–H and O–H groups in total. The monoisotopic (exact) mass is 355 g/mol. The summed E-state index contributed by atoms with van der Waals surface area (Å²) in [6, 6.07) is 7.16. The highest BCUT2D eigenvalue weighted by Crippen LogP contribution is 2.29. The molecule has 7 nitrogen and oxygen atoms in total. The van der Waals surface area contributed by atoms with Crippen LogP contribution in [-0.2, 0) is 13.8 Å². The number of benzene rings is 1. The molecule has 0 saturated carbocycles. The van der Waals surface area contributed by atoms with Gasteiger partial charge in [0.2, 0.25) is 26.7 Å². The van der Waals surface area contributed by atoms with Crippen LogP contribution >= 0.6 is 10.7 Å². The van der Waals surface area contributed by atoms with Gasteiger partial charge in [-0.25, -0.2) is 8.42 Å². The molecular formula is C14H14ClN3O4S. The van der Waals surface area contributed by atoms with E-state index < -0.39 is 9.05 Å². The van der Waals surface area contributed by atoms with E-state index in [0.29, 0.717) is 23.9 Å². The van der Waals surface area contributed by atoms with E-state index in [2.05, 4.69) is 10.1 Å². The Bertz CT molecular complexity index is 849. The van der Waals surface area contributed by atoms with Crippen LogP contribution in [0.1, 0.15) is 12.3 Å². The van der Waals surface area contributed by atoms with E-state index in [9.17, 15) is 13.2 Å². The minimum absolute atomic E-state index is 0.128. The van der Waals surface area contributed by atoms with Crippen molar-refractivity contribution in [3.63, 3.8) is 0 Å². The third-order valence-corrected chi connectivity index (χ3v) is 4.83. The van der Waals surface area contributed by atoms with Gasteiger partial charge < -0.3 is 9.42 Å². The standard InChI is InChI=1S/C14H14ClN3O4S/c1-9-16-14(17-22-9)11-3-2-4-12(6-11)18-7-10(5-13(18)19)8-23(15,20)21/h2-4,6,10H,5,7-8H2,1H3. The zero-order valence-corrected chi connectivity index (χ0v) is 13.8. The second kappa shape index (κ2) is 5.93. The molecule has 2 heterocycles. The summed E-state index contributed by atoms with van der Waals surface area (Å²) in [5.74, 6) is 0.254. The highest BCUT2D eigenvalue weighted by Gasteiger charge is 2.33. The molecule has 1 fully saturated rings. The SMILES string of the molecule is Cc1nc(-c2cccc(N3CC(CS(=O)(=O)Cl)CC3=O)c2)no1. The number of hydrogen-bond acceptors (Lipinski definition) is 6. The number of halogens is 1. The second-order valence-corrected chi connectivity index (χ2v) is 8.29. The number of amides is 1. The topological polar surface area (TPSA) is 93.4 Å². The first-order valence-corrected chi connectivity index (χ1v) is 9.43. The Labute approximate surface area is 137 Å². The molecular weight excluding hydrogens is 342 g/mol. The quantitative estimate of drug-likeness (QED) is 0.778. The maximum Gasteiger partial charge on any atom is 0.232 e. The van der Waals surface area contributed by atoms with Crippen molar-refractivity contribution in [2.24, 2.45) is 5.92 Å². The molecule has 1 aliphatic heterocycles. The predicted octanol–water partition coefficient (Wildman–Crippen LogP) is 1.97. The van der Waals surface area contributed by atoms with E-state index in [1.54, 1.807) is 30.0 Å². The molecule has 3 rings (SSSR count). The van der Waals surface area contributed by atoms with E-state index in [1.807, 2.05) is 6.07 Å². The number of nitrogens with zero attached hydrogens (tertiary/aromatic N) is 3. The molecule has 1 amide bonds. The van der Waals surface area contributed by atoms with Gasteiger partial charge in [-0.1, -0.05) is 17.3 Å². The summed E-state index contributed by atoms with van der Waals surface area (Å²) in [5.41, 5.74) is 1.39. The zero-order chi connectivity index (χ0) is 16.6. The van der Waals surface area contributed by atoms with Crippen molar-refractivity contribution in [2.75, 3.05) is 17.2 Å². The molecule has 1 aromatic carbocycles. The first kappa shape index (κ1) is 15.9. The highest BCUT2D eigenvalue weighted by atomic mass is 35.7. The first-order valence-electron chi connectivity index (χ1n) is 6.95. The predicted molar refractivity (Wildman–Crippen MR) is 84.6 cm³/mol. The molecule has 0 radical (unpaired) electrons. The summed E-state index contributed by atoms with van der Waals surface area (Å²) >= 11 is 0. The van der Waals surface area contributed by atoms with Gasteiger partial charge in [-0.15, -0.1) is 0 Å². The summed E-state index contributed by atoms with van der Waals surface area (Å²) in [4.78, 5) is 17.9. The van der Waals surface area contributed by atoms with Crippen molar-refractivity contribution >= 4 is 31.3 Å². The third kappa shape index (κ3) is 3.70. The lowest BCUT2D eigenvalue weighted by Gasteiger charge is -2.17. The van der Waals surface area contributed by atoms with Crippen molar-refractivity contribution in [3.05, 3.63) is 30.2 Å². The van der Waals surface area contributed by atoms with Gasteiger partial charge in [0.1, 0.15) is 0 Å². The number of anilines is 1. The third-order valence-electron chi connectivity index (χ3n) is 3.58. The number of aryl methyl sites for hydroxylation is 1. The largest absolute Gasteiger partial charge is 0.339 e. The molecule has 122 valence electrons. The Morgan fingerprint density at radius 2 is 2.22 bits per heavy atom. The minimum atomic E-state index is -3.62. The van der Waals surface area contributed by atoms with Crippen molar-refractivity contribution in [1.29, 1.82) is 0 Å². The van der Waals surface area contributed by atoms with Crippen LogP contribution in [0.4, 0.5) is 5.69 Å². The molecule has 1 saturated heterocycles. The second-order valence-electron chi connectivity index (χ2n) is 5.47. The average molecular weight is 356 g/mol. The van der Waals surface area contributed by atoms with E-state index in [1.165, 1.54) is 0 Å². The van der Waals surface area contributed by atoms with Crippen LogP contribution in [-0.4, -0.2) is 36.8 Å². The summed E-state index contributed by atoms with van der Waals surface area (Å²) in [6.07, 6.45) is 0.164. The van der Waals surface area contributed by atoms with Crippen LogP contribution in [0.15, 0.2) is 28.8 Å². The number of rotatable bonds is 4. The molecule has 9 heteroatoms. The number of hydrogen-bond donors (Lipinski definition) is 0. The Hall–Kier alpha value is -1.93. The molecule has 1 atom stereocenters. The van der Waals surface area contributed by atoms with Crippen molar-refractivity contribution in [3.8, 4) is 11.4 Å². The summed E-state index contributed by atoms with van der Waals surface area (Å²) in [5, 5.41) is 3.85. The lowest BCUT2D eigenvalue weighted by molar-refractivity contribution is -0.117. The summed E-state index contributed by atoms with van der Waals surface area (Å²) in [6.45, 7) is 2.01. The Kier molecular flexibility index (Phi) is 4.11. The fourth-order valence-electron chi connectivity index (χ4n) is 2.65. The van der Waals surface area contributed by atoms with E-state index >= 15 is 0 Å². The van der Waals surface area contributed by atoms with E-state index in [0.717, 1.165) is 5.56 Å². The maximum absolute atomic E-state index is 12.2. The van der Waals surface area contributed by atoms with Gasteiger partial charge in [0.25, 0.3) is 0 Å². The molecule has 1 aliphatic rings. The summed E-state index contributed by atoms with van der Waals surface area (Å²) in [7, 11) is 1.65. The van der Waals surface area contributed by atoms with Crippen molar-refractivity contribution in [1.82, 2.24) is 10.1 Å². The molecule has 0 aliphatic carbocycles. The van der Waals surface area contributed by atoms with Gasteiger partial charge in [-0.2, -0.15) is 4.98 Å². The van der Waals surface area contributed by atoms with Gasteiger partial charge in [0, 0.05) is 47.7 Å². The lowest BCUT2D eigenvalue weighted by atomic mass is 10.1. The molecule has 1 unspecified atom stereocenters. The van der Waals surface area contributed by atoms with Crippen molar-refractivity contribution in [2.45, 2.75) is 13.3 Å². The maximum atomic E-state index is 12.2. The first-order chi connectivity index (χ1) is 10.8. The zero-order valence-electron chi connectivity index (χ0n) is 12.3. The van der Waals surface area contributed by atoms with E-state index in [4.69, 9.17) is 15.2 Å². The fraction of sp³-hybridized carbons (Fsp3) is 0.357. The Morgan fingerprint density at radius 3 is 2.87 bits per heavy atom. The number of carbonyl (C=O) groups is 1. The molecule has 2 aromatic rings. The molecule has 23 heavy (non-hydrogen) atoms. The van der Waals surface area contributed by atoms with Gasteiger partial charge >= 0.3 is 0 Å². The Morgan fingerprint density at radius 1 is 1.43 bits per heavy atom. The molecule has 0 spiro atoms. The smallest absolute Gasteiger partial charge is 0.232 e. The van der Waals surface area contributed by atoms with Gasteiger partial charge in [0.05, 0.1) is 5.75 Å². The lowest BCUT2D eigenvalue weighted by Crippen LogP contribution is -2.25. The van der Waals surface area contributed by atoms with E-state index in [-0.39, 0.29) is 24.0 Å². The van der Waals surface area contributed by atoms with Crippen LogP contribution in [0.25, 0.3) is 11.4 Å². The summed E-state index contributed by atoms with van der Waals surface area (Å²) < 4.78 is 27.3. The van der Waals surface area contributed by atoms with Gasteiger partial charge in [-0.3, -0.25) is 4.79 Å².